The highest BCUT2D eigenvalue weighted by Crippen LogP contribution is 2.37. The van der Waals surface area contributed by atoms with Crippen LogP contribution in [0, 0.1) is 0 Å². The molecule has 0 spiro atoms. The van der Waals surface area contributed by atoms with E-state index in [-0.39, 0.29) is 29.7 Å². The Morgan fingerprint density at radius 1 is 1.35 bits per heavy atom. The summed E-state index contributed by atoms with van der Waals surface area (Å²) in [5.74, 6) is 0.571. The van der Waals surface area contributed by atoms with Gasteiger partial charge in [-0.05, 0) is 39.0 Å². The molecule has 0 aromatic heterocycles. The fraction of sp³-hybridized carbons (Fsp3) is 1.00. The van der Waals surface area contributed by atoms with Gasteiger partial charge in [-0.15, -0.1) is 0 Å². The van der Waals surface area contributed by atoms with E-state index in [1.807, 2.05) is 6.92 Å². The third-order valence-corrected chi connectivity index (χ3v) is 6.96. The number of hydrogen-bond acceptors (Lipinski definition) is 5. The quantitative estimate of drug-likeness (QED) is 0.773. The molecule has 1 aliphatic heterocycles. The fourth-order valence-electron chi connectivity index (χ4n) is 3.92. The van der Waals surface area contributed by atoms with E-state index in [0.29, 0.717) is 18.6 Å². The van der Waals surface area contributed by atoms with Gasteiger partial charge in [0.1, 0.15) is 0 Å². The van der Waals surface area contributed by atoms with Gasteiger partial charge < -0.3 is 10.4 Å². The molecular weight excluding hydrogens is 276 g/mol. The maximum absolute atomic E-state index is 11.7. The van der Waals surface area contributed by atoms with Crippen LogP contribution < -0.4 is 5.32 Å². The van der Waals surface area contributed by atoms with Crippen LogP contribution in [0.3, 0.4) is 0 Å². The Kier molecular flexibility index (Phi) is 3.86. The standard InChI is InChI=1S/C14H26N2O3S/c1-11-9-20(18,19)7-6-16(11)13-4-5-14(8-13,10-17)15-12-2-3-12/h11-13,15,17H,2-10H2,1H3. The number of aliphatic hydroxyl groups is 1. The van der Waals surface area contributed by atoms with Crippen LogP contribution in [0.15, 0.2) is 0 Å². The average molecular weight is 302 g/mol. The van der Waals surface area contributed by atoms with Crippen molar-refractivity contribution in [3.05, 3.63) is 0 Å². The van der Waals surface area contributed by atoms with Gasteiger partial charge in [0.25, 0.3) is 0 Å². The van der Waals surface area contributed by atoms with Crippen LogP contribution in [0.4, 0.5) is 0 Å². The number of aliphatic hydroxyl groups excluding tert-OH is 1. The maximum atomic E-state index is 11.7. The van der Waals surface area contributed by atoms with Crippen molar-refractivity contribution in [2.24, 2.45) is 0 Å². The highest BCUT2D eigenvalue weighted by atomic mass is 32.2. The third-order valence-electron chi connectivity index (χ3n) is 5.16. The Hall–Kier alpha value is -0.170. The van der Waals surface area contributed by atoms with E-state index in [1.165, 1.54) is 12.8 Å². The van der Waals surface area contributed by atoms with Crippen molar-refractivity contribution in [1.82, 2.24) is 10.2 Å². The monoisotopic (exact) mass is 302 g/mol. The largest absolute Gasteiger partial charge is 0.394 e. The number of rotatable bonds is 4. The zero-order valence-corrected chi connectivity index (χ0v) is 13.0. The van der Waals surface area contributed by atoms with Crippen molar-refractivity contribution in [3.63, 3.8) is 0 Å². The zero-order valence-electron chi connectivity index (χ0n) is 12.2. The Labute approximate surface area is 121 Å². The van der Waals surface area contributed by atoms with E-state index < -0.39 is 9.84 Å². The lowest BCUT2D eigenvalue weighted by Gasteiger charge is -2.39. The van der Waals surface area contributed by atoms with Crippen molar-refractivity contribution in [1.29, 1.82) is 0 Å². The van der Waals surface area contributed by atoms with Gasteiger partial charge in [0.2, 0.25) is 0 Å². The first-order valence-corrected chi connectivity index (χ1v) is 9.60. The molecule has 116 valence electrons. The summed E-state index contributed by atoms with van der Waals surface area (Å²) < 4.78 is 23.4. The summed E-state index contributed by atoms with van der Waals surface area (Å²) in [7, 11) is -2.84. The smallest absolute Gasteiger partial charge is 0.153 e. The normalized spacial score (nSPS) is 41.9. The number of sulfone groups is 1. The number of nitrogens with one attached hydrogen (secondary N) is 1. The summed E-state index contributed by atoms with van der Waals surface area (Å²) in [6.45, 7) is 2.86. The molecule has 2 N–H and O–H groups in total. The Bertz CT molecular complexity index is 463. The molecule has 1 heterocycles. The van der Waals surface area contributed by atoms with Crippen molar-refractivity contribution in [3.8, 4) is 0 Å². The topological polar surface area (TPSA) is 69.6 Å². The summed E-state index contributed by atoms with van der Waals surface area (Å²) in [6.07, 6.45) is 5.46. The lowest BCUT2D eigenvalue weighted by atomic mass is 9.98. The maximum Gasteiger partial charge on any atom is 0.153 e. The predicted molar refractivity (Wildman–Crippen MR) is 78.4 cm³/mol. The highest BCUT2D eigenvalue weighted by molar-refractivity contribution is 7.91. The van der Waals surface area contributed by atoms with Crippen LogP contribution in [0.5, 0.6) is 0 Å². The Morgan fingerprint density at radius 3 is 2.70 bits per heavy atom. The van der Waals surface area contributed by atoms with Gasteiger partial charge in [0, 0.05) is 30.2 Å². The molecule has 20 heavy (non-hydrogen) atoms. The molecule has 0 bridgehead atoms. The van der Waals surface area contributed by atoms with E-state index in [4.69, 9.17) is 0 Å². The first kappa shape index (κ1) is 14.8. The van der Waals surface area contributed by atoms with Crippen LogP contribution in [0.1, 0.15) is 39.0 Å². The van der Waals surface area contributed by atoms with Gasteiger partial charge in [-0.1, -0.05) is 0 Å². The summed E-state index contributed by atoms with van der Waals surface area (Å²) in [5, 5.41) is 13.4. The second kappa shape index (κ2) is 5.23. The molecular formula is C14H26N2O3S. The van der Waals surface area contributed by atoms with Crippen molar-refractivity contribution in [2.75, 3.05) is 24.7 Å². The molecule has 6 heteroatoms. The molecule has 0 amide bonds. The van der Waals surface area contributed by atoms with Crippen LogP contribution in [-0.2, 0) is 9.84 Å². The first-order chi connectivity index (χ1) is 9.43. The molecule has 0 aromatic carbocycles. The third kappa shape index (κ3) is 3.03. The molecule has 3 rings (SSSR count). The van der Waals surface area contributed by atoms with E-state index in [0.717, 1.165) is 19.3 Å². The molecule has 0 aromatic rings. The lowest BCUT2D eigenvalue weighted by molar-refractivity contribution is 0.126. The minimum Gasteiger partial charge on any atom is -0.394 e. The summed E-state index contributed by atoms with van der Waals surface area (Å²) in [4.78, 5) is 2.35. The summed E-state index contributed by atoms with van der Waals surface area (Å²) in [6, 6.07) is 1.12. The molecule has 0 radical (unpaired) electrons. The predicted octanol–water partition coefficient (Wildman–Crippen LogP) is 0.141. The van der Waals surface area contributed by atoms with Crippen molar-refractivity contribution < 1.29 is 13.5 Å². The lowest BCUT2D eigenvalue weighted by Crippen LogP contribution is -2.53. The van der Waals surface area contributed by atoms with Gasteiger partial charge >= 0.3 is 0 Å². The van der Waals surface area contributed by atoms with E-state index in [9.17, 15) is 13.5 Å². The van der Waals surface area contributed by atoms with Crippen molar-refractivity contribution >= 4 is 9.84 Å². The molecule has 5 nitrogen and oxygen atoms in total. The zero-order chi connectivity index (χ0) is 14.4. The minimum atomic E-state index is -2.84. The molecule has 3 atom stereocenters. The van der Waals surface area contributed by atoms with Gasteiger partial charge in [-0.2, -0.15) is 0 Å². The van der Waals surface area contributed by atoms with Crippen LogP contribution in [0.2, 0.25) is 0 Å². The second-order valence-corrected chi connectivity index (χ2v) is 9.18. The van der Waals surface area contributed by atoms with E-state index >= 15 is 0 Å². The molecule has 2 saturated carbocycles. The van der Waals surface area contributed by atoms with Crippen LogP contribution in [-0.4, -0.2) is 66.7 Å². The first-order valence-electron chi connectivity index (χ1n) is 7.78. The summed E-state index contributed by atoms with van der Waals surface area (Å²) in [5.41, 5.74) is -0.123. The molecule has 1 saturated heterocycles. The second-order valence-electron chi connectivity index (χ2n) is 6.95. The molecule has 3 unspecified atom stereocenters. The SMILES string of the molecule is CC1CS(=O)(=O)CCN1C1CCC(CO)(NC2CC2)C1. The van der Waals surface area contributed by atoms with Crippen LogP contribution >= 0.6 is 0 Å². The average Bonchev–Trinajstić information content (AvgIpc) is 3.07. The van der Waals surface area contributed by atoms with Gasteiger partial charge in [0.05, 0.1) is 18.1 Å². The minimum absolute atomic E-state index is 0.106. The number of nitrogens with zero attached hydrogens (tertiary/aromatic N) is 1. The van der Waals surface area contributed by atoms with Gasteiger partial charge in [-0.3, -0.25) is 4.90 Å². The van der Waals surface area contributed by atoms with E-state index in [2.05, 4.69) is 10.2 Å². The van der Waals surface area contributed by atoms with Crippen molar-refractivity contribution in [2.45, 2.75) is 62.7 Å². The molecule has 2 aliphatic carbocycles. The highest BCUT2D eigenvalue weighted by Gasteiger charge is 2.45. The van der Waals surface area contributed by atoms with Gasteiger partial charge in [-0.25, -0.2) is 8.42 Å². The number of hydrogen-bond donors (Lipinski definition) is 2. The van der Waals surface area contributed by atoms with Gasteiger partial charge in [0.15, 0.2) is 9.84 Å². The van der Waals surface area contributed by atoms with Crippen LogP contribution in [0.25, 0.3) is 0 Å². The Balaban J connectivity index is 1.64. The Morgan fingerprint density at radius 2 is 2.10 bits per heavy atom. The van der Waals surface area contributed by atoms with E-state index in [1.54, 1.807) is 0 Å². The fourth-order valence-corrected chi connectivity index (χ4v) is 5.50. The molecule has 3 fully saturated rings. The molecule has 3 aliphatic rings. The summed E-state index contributed by atoms with van der Waals surface area (Å²) >= 11 is 0.